The first-order valence-corrected chi connectivity index (χ1v) is 7.82. The predicted molar refractivity (Wildman–Crippen MR) is 94.4 cm³/mol. The minimum absolute atomic E-state index is 0.0587. The van der Waals surface area contributed by atoms with Crippen LogP contribution in [0.1, 0.15) is 6.92 Å². The van der Waals surface area contributed by atoms with Gasteiger partial charge in [0.1, 0.15) is 11.4 Å². The maximum Gasteiger partial charge on any atom is 0.158 e. The minimum Gasteiger partial charge on any atom is -0.507 e. The number of halogens is 1. The molecule has 0 radical (unpaired) electrons. The molecular formula is C17H17ClN4O2. The number of rotatable bonds is 5. The summed E-state index contributed by atoms with van der Waals surface area (Å²) in [5.41, 5.74) is 1.14. The van der Waals surface area contributed by atoms with Crippen molar-refractivity contribution in [2.24, 2.45) is 0 Å². The number of methoxy groups -OCH3 is 1. The maximum atomic E-state index is 10.2. The molecule has 0 fully saturated rings. The number of aromatic hydroxyl groups is 1. The smallest absolute Gasteiger partial charge is 0.158 e. The van der Waals surface area contributed by atoms with Gasteiger partial charge in [0.05, 0.1) is 6.61 Å². The number of phenolic OH excluding ortho intramolecular Hbond substituents is 1. The lowest BCUT2D eigenvalue weighted by atomic mass is 10.1. The fraction of sp³-hybridized carbons (Fsp3) is 0.235. The van der Waals surface area contributed by atoms with Crippen LogP contribution in [0, 0.1) is 0 Å². The summed E-state index contributed by atoms with van der Waals surface area (Å²) in [6.45, 7) is 2.54. The van der Waals surface area contributed by atoms with E-state index in [4.69, 9.17) is 16.3 Å². The van der Waals surface area contributed by atoms with Crippen molar-refractivity contribution in [3.8, 4) is 17.0 Å². The first-order valence-electron chi connectivity index (χ1n) is 7.45. The van der Waals surface area contributed by atoms with E-state index in [2.05, 4.69) is 20.5 Å². The van der Waals surface area contributed by atoms with E-state index in [1.165, 1.54) is 6.07 Å². The Hall–Kier alpha value is -2.44. The van der Waals surface area contributed by atoms with Crippen molar-refractivity contribution in [3.63, 3.8) is 0 Å². The van der Waals surface area contributed by atoms with Crippen molar-refractivity contribution in [1.82, 2.24) is 15.2 Å². The van der Waals surface area contributed by atoms with Crippen LogP contribution in [0.2, 0.25) is 5.02 Å². The number of nitrogens with one attached hydrogen (secondary N) is 1. The van der Waals surface area contributed by atoms with Gasteiger partial charge >= 0.3 is 0 Å². The van der Waals surface area contributed by atoms with Gasteiger partial charge in [-0.15, -0.1) is 10.2 Å². The molecule has 1 atom stereocenters. The van der Waals surface area contributed by atoms with Crippen LogP contribution in [-0.2, 0) is 4.74 Å². The Balaban J connectivity index is 2.11. The molecule has 0 bridgehead atoms. The highest BCUT2D eigenvalue weighted by atomic mass is 35.5. The van der Waals surface area contributed by atoms with Crippen molar-refractivity contribution >= 4 is 28.2 Å². The molecule has 0 saturated heterocycles. The van der Waals surface area contributed by atoms with Crippen LogP contribution in [0.25, 0.3) is 22.0 Å². The number of hydrogen-bond donors (Lipinski definition) is 2. The van der Waals surface area contributed by atoms with E-state index in [9.17, 15) is 5.11 Å². The second-order valence-electron chi connectivity index (χ2n) is 5.48. The van der Waals surface area contributed by atoms with E-state index in [0.717, 1.165) is 10.8 Å². The van der Waals surface area contributed by atoms with E-state index in [1.807, 2.05) is 13.0 Å². The number of nitrogens with zero attached hydrogens (tertiary/aromatic N) is 3. The summed E-state index contributed by atoms with van der Waals surface area (Å²) in [6.07, 6.45) is 3.41. The monoisotopic (exact) mass is 344 g/mol. The number of aromatic nitrogens is 3. The number of anilines is 1. The number of fused-ring (bicyclic) bond motifs is 1. The van der Waals surface area contributed by atoms with E-state index < -0.39 is 0 Å². The van der Waals surface area contributed by atoms with Gasteiger partial charge in [0, 0.05) is 46.9 Å². The average Bonchev–Trinajstić information content (AvgIpc) is 2.56. The van der Waals surface area contributed by atoms with Crippen molar-refractivity contribution in [2.75, 3.05) is 19.0 Å². The largest absolute Gasteiger partial charge is 0.507 e. The zero-order valence-corrected chi connectivity index (χ0v) is 14.1. The van der Waals surface area contributed by atoms with Crippen LogP contribution in [0.15, 0.2) is 36.7 Å². The van der Waals surface area contributed by atoms with Gasteiger partial charge in [-0.05, 0) is 31.2 Å². The van der Waals surface area contributed by atoms with Crippen LogP contribution < -0.4 is 5.32 Å². The van der Waals surface area contributed by atoms with Gasteiger partial charge in [-0.3, -0.25) is 4.98 Å². The molecule has 0 amide bonds. The molecule has 0 unspecified atom stereocenters. The van der Waals surface area contributed by atoms with Crippen LogP contribution in [0.3, 0.4) is 0 Å². The fourth-order valence-corrected chi connectivity index (χ4v) is 2.70. The molecule has 0 spiro atoms. The van der Waals surface area contributed by atoms with Crippen LogP contribution in [0.5, 0.6) is 5.75 Å². The molecule has 7 heteroatoms. The lowest BCUT2D eigenvalue weighted by Gasteiger charge is -2.15. The van der Waals surface area contributed by atoms with Gasteiger partial charge in [0.25, 0.3) is 0 Å². The summed E-state index contributed by atoms with van der Waals surface area (Å²) in [7, 11) is 1.65. The average molecular weight is 345 g/mol. The zero-order valence-electron chi connectivity index (χ0n) is 13.3. The van der Waals surface area contributed by atoms with Gasteiger partial charge in [-0.2, -0.15) is 0 Å². The molecule has 0 aliphatic heterocycles. The van der Waals surface area contributed by atoms with Gasteiger partial charge in [0.15, 0.2) is 5.82 Å². The molecule has 124 valence electrons. The van der Waals surface area contributed by atoms with E-state index in [-0.39, 0.29) is 11.8 Å². The Kier molecular flexibility index (Phi) is 4.78. The Labute approximate surface area is 144 Å². The molecule has 0 aliphatic rings. The molecule has 24 heavy (non-hydrogen) atoms. The number of benzene rings is 1. The first-order chi connectivity index (χ1) is 11.6. The van der Waals surface area contributed by atoms with Crippen molar-refractivity contribution in [1.29, 1.82) is 0 Å². The standard InChI is InChI=1S/C17H17ClN4O2/c1-10(9-24-2)20-17-14-8-19-6-5-12(14)16(21-22-17)13-4-3-11(18)7-15(13)23/h3-8,10,23H,9H2,1-2H3,(H,20,22)/t10-/m1/s1. The molecule has 1 aromatic carbocycles. The molecule has 0 aliphatic carbocycles. The van der Waals surface area contributed by atoms with Crippen molar-refractivity contribution in [3.05, 3.63) is 41.7 Å². The zero-order chi connectivity index (χ0) is 17.1. The van der Waals surface area contributed by atoms with Crippen LogP contribution >= 0.6 is 11.6 Å². The van der Waals surface area contributed by atoms with E-state index in [0.29, 0.717) is 28.7 Å². The highest BCUT2D eigenvalue weighted by molar-refractivity contribution is 6.30. The van der Waals surface area contributed by atoms with Crippen molar-refractivity contribution in [2.45, 2.75) is 13.0 Å². The molecule has 2 N–H and O–H groups in total. The van der Waals surface area contributed by atoms with Gasteiger partial charge in [-0.1, -0.05) is 11.6 Å². The number of phenols is 1. The Morgan fingerprint density at radius 3 is 2.83 bits per heavy atom. The fourth-order valence-electron chi connectivity index (χ4n) is 2.53. The van der Waals surface area contributed by atoms with E-state index >= 15 is 0 Å². The van der Waals surface area contributed by atoms with E-state index in [1.54, 1.807) is 31.6 Å². The molecule has 3 aromatic rings. The summed E-state index contributed by atoms with van der Waals surface area (Å²) in [4.78, 5) is 4.18. The molecule has 6 nitrogen and oxygen atoms in total. The maximum absolute atomic E-state index is 10.2. The number of ether oxygens (including phenoxy) is 1. The molecule has 0 saturated carbocycles. The number of pyridine rings is 1. The van der Waals surface area contributed by atoms with Crippen molar-refractivity contribution < 1.29 is 9.84 Å². The summed E-state index contributed by atoms with van der Waals surface area (Å²) >= 11 is 5.91. The summed E-state index contributed by atoms with van der Waals surface area (Å²) in [6, 6.07) is 6.83. The quantitative estimate of drug-likeness (QED) is 0.737. The molecule has 2 aromatic heterocycles. The summed E-state index contributed by atoms with van der Waals surface area (Å²) in [5.74, 6) is 0.684. The Bertz CT molecular complexity index is 872. The summed E-state index contributed by atoms with van der Waals surface area (Å²) < 4.78 is 5.14. The predicted octanol–water partition coefficient (Wildman–Crippen LogP) is 3.50. The molecule has 3 rings (SSSR count). The third-order valence-corrected chi connectivity index (χ3v) is 3.83. The first kappa shape index (κ1) is 16.4. The molecular weight excluding hydrogens is 328 g/mol. The Morgan fingerprint density at radius 2 is 2.08 bits per heavy atom. The lowest BCUT2D eigenvalue weighted by molar-refractivity contribution is 0.190. The Morgan fingerprint density at radius 1 is 1.25 bits per heavy atom. The highest BCUT2D eigenvalue weighted by Crippen LogP contribution is 2.35. The topological polar surface area (TPSA) is 80.2 Å². The van der Waals surface area contributed by atoms with Crippen LogP contribution in [-0.4, -0.2) is 40.0 Å². The third kappa shape index (κ3) is 3.25. The number of hydrogen-bond acceptors (Lipinski definition) is 6. The van der Waals surface area contributed by atoms with Gasteiger partial charge in [0.2, 0.25) is 0 Å². The molecule has 2 heterocycles. The minimum atomic E-state index is 0.0587. The highest BCUT2D eigenvalue weighted by Gasteiger charge is 2.15. The summed E-state index contributed by atoms with van der Waals surface area (Å²) in [5, 5.41) is 24.1. The second kappa shape index (κ2) is 6.98. The lowest BCUT2D eigenvalue weighted by Crippen LogP contribution is -2.22. The third-order valence-electron chi connectivity index (χ3n) is 3.60. The SMILES string of the molecule is COC[C@@H](C)Nc1nnc(-c2ccc(Cl)cc2O)c2ccncc12. The van der Waals surface area contributed by atoms with Gasteiger partial charge < -0.3 is 15.2 Å². The van der Waals surface area contributed by atoms with Gasteiger partial charge in [-0.25, -0.2) is 0 Å². The normalized spacial score (nSPS) is 12.3. The van der Waals surface area contributed by atoms with Crippen LogP contribution in [0.4, 0.5) is 5.82 Å². The second-order valence-corrected chi connectivity index (χ2v) is 5.92.